The second kappa shape index (κ2) is 11.6. The molecule has 202 valence electrons. The number of nitrogens with one attached hydrogen (secondary N) is 3. The van der Waals surface area contributed by atoms with Gasteiger partial charge >= 0.3 is 0 Å². The van der Waals surface area contributed by atoms with E-state index in [9.17, 15) is 9.18 Å². The molecule has 0 atom stereocenters. The number of halogens is 1. The monoisotopic (exact) mass is 532 g/mol. The number of carbonyl (C=O) groups is 1. The maximum absolute atomic E-state index is 13.7. The van der Waals surface area contributed by atoms with E-state index in [1.807, 2.05) is 12.1 Å². The molecule has 0 radical (unpaired) electrons. The highest BCUT2D eigenvalue weighted by atomic mass is 19.1. The summed E-state index contributed by atoms with van der Waals surface area (Å²) in [4.78, 5) is 33.7. The second-order valence-corrected chi connectivity index (χ2v) is 9.39. The van der Waals surface area contributed by atoms with Gasteiger partial charge in [-0.15, -0.1) is 0 Å². The summed E-state index contributed by atoms with van der Waals surface area (Å²) in [6, 6.07) is 11.6. The van der Waals surface area contributed by atoms with Gasteiger partial charge in [-0.1, -0.05) is 6.07 Å². The summed E-state index contributed by atoms with van der Waals surface area (Å²) in [5.74, 6) is 0.274. The van der Waals surface area contributed by atoms with Gasteiger partial charge in [0, 0.05) is 43.8 Å². The Hall–Kier alpha value is -4.26. The molecule has 11 nitrogen and oxygen atoms in total. The zero-order chi connectivity index (χ0) is 27.2. The third-order valence-electron chi connectivity index (χ3n) is 6.23. The van der Waals surface area contributed by atoms with E-state index in [0.29, 0.717) is 54.1 Å². The van der Waals surface area contributed by atoms with Crippen LogP contribution >= 0.6 is 0 Å². The predicted molar refractivity (Wildman–Crippen MR) is 141 cm³/mol. The first-order valence-corrected chi connectivity index (χ1v) is 12.5. The third-order valence-corrected chi connectivity index (χ3v) is 6.23. The van der Waals surface area contributed by atoms with Crippen LogP contribution in [0.1, 0.15) is 24.6 Å². The van der Waals surface area contributed by atoms with Crippen molar-refractivity contribution in [2.45, 2.75) is 19.8 Å². The maximum Gasteiger partial charge on any atom is 0.230 e. The highest BCUT2D eigenvalue weighted by Crippen LogP contribution is 2.35. The molecule has 0 spiro atoms. The van der Waals surface area contributed by atoms with Crippen molar-refractivity contribution >= 4 is 11.9 Å². The Balaban J connectivity index is 1.41. The predicted octanol–water partition coefficient (Wildman–Crippen LogP) is 2.81. The summed E-state index contributed by atoms with van der Waals surface area (Å²) < 4.78 is 25.5. The molecule has 1 fully saturated rings. The van der Waals surface area contributed by atoms with Crippen LogP contribution in [0.3, 0.4) is 0 Å². The van der Waals surface area contributed by atoms with E-state index >= 15 is 0 Å². The number of benzene rings is 1. The van der Waals surface area contributed by atoms with E-state index in [1.165, 1.54) is 12.1 Å². The molecule has 5 N–H and O–H groups in total. The first kappa shape index (κ1) is 26.4. The largest absolute Gasteiger partial charge is 0.354 e. The van der Waals surface area contributed by atoms with Gasteiger partial charge in [0.1, 0.15) is 5.82 Å². The summed E-state index contributed by atoms with van der Waals surface area (Å²) in [5, 5.41) is 5.98. The van der Waals surface area contributed by atoms with Crippen LogP contribution in [0.15, 0.2) is 61.1 Å². The molecule has 3 aromatic heterocycles. The van der Waals surface area contributed by atoms with Gasteiger partial charge in [0.2, 0.25) is 18.1 Å². The van der Waals surface area contributed by atoms with Crippen LogP contribution in [0.25, 0.3) is 22.6 Å². The first-order chi connectivity index (χ1) is 18.9. The second-order valence-electron chi connectivity index (χ2n) is 9.39. The van der Waals surface area contributed by atoms with Crippen molar-refractivity contribution in [2.75, 3.05) is 31.6 Å². The van der Waals surface area contributed by atoms with Gasteiger partial charge in [-0.3, -0.25) is 9.78 Å². The number of nitrogens with zero attached hydrogens (tertiary/aromatic N) is 4. The Kier molecular flexibility index (Phi) is 7.87. The Bertz CT molecular complexity index is 1410. The molecule has 0 aliphatic carbocycles. The van der Waals surface area contributed by atoms with E-state index < -0.39 is 11.7 Å². The normalized spacial score (nSPS) is 19.0. The summed E-state index contributed by atoms with van der Waals surface area (Å²) in [6.07, 6.45) is 4.28. The molecule has 1 aromatic carbocycles. The van der Waals surface area contributed by atoms with Crippen LogP contribution in [-0.2, 0) is 20.8 Å². The van der Waals surface area contributed by atoms with Crippen LogP contribution < -0.4 is 16.4 Å². The number of pyridine rings is 1. The molecule has 0 unspecified atom stereocenters. The number of amides is 1. The lowest BCUT2D eigenvalue weighted by Crippen LogP contribution is -2.49. The summed E-state index contributed by atoms with van der Waals surface area (Å²) in [5.41, 5.74) is 8.00. The van der Waals surface area contributed by atoms with Crippen LogP contribution in [0.4, 0.5) is 10.3 Å². The van der Waals surface area contributed by atoms with E-state index in [4.69, 9.17) is 20.2 Å². The first-order valence-electron chi connectivity index (χ1n) is 12.5. The Morgan fingerprint density at radius 1 is 1.15 bits per heavy atom. The van der Waals surface area contributed by atoms with Crippen LogP contribution in [-0.4, -0.2) is 57.1 Å². The minimum absolute atomic E-state index is 0.131. The molecule has 39 heavy (non-hydrogen) atoms. The molecule has 0 bridgehead atoms. The number of carbonyl (C=O) groups excluding carboxylic acids is 1. The fraction of sp³-hybridized carbons (Fsp3) is 0.296. The van der Waals surface area contributed by atoms with Crippen molar-refractivity contribution in [1.82, 2.24) is 30.2 Å². The minimum Gasteiger partial charge on any atom is -0.354 e. The molecule has 0 saturated carbocycles. The minimum atomic E-state index is -0.859. The molecule has 4 heterocycles. The molecular weight excluding hydrogens is 503 g/mol. The number of ether oxygens (including phenoxy) is 2. The van der Waals surface area contributed by atoms with E-state index in [0.717, 1.165) is 5.56 Å². The third kappa shape index (κ3) is 6.08. The van der Waals surface area contributed by atoms with Crippen molar-refractivity contribution in [3.05, 3.63) is 78.3 Å². The van der Waals surface area contributed by atoms with Gasteiger partial charge in [0.25, 0.3) is 0 Å². The molecule has 1 aliphatic rings. The number of anilines is 1. The SMILES string of the molecule is CC1(C(=O)NCCN)COC(c2nc(-c3ccc(F)cc3)c(-c3ccnc(NCc4cccnc4)n3)[nH]2)OC1. The number of hydrogen-bond donors (Lipinski definition) is 4. The van der Waals surface area contributed by atoms with E-state index in [1.54, 1.807) is 43.7 Å². The smallest absolute Gasteiger partial charge is 0.230 e. The average Bonchev–Trinajstić information content (AvgIpc) is 3.42. The molecule has 5 rings (SSSR count). The molecule has 1 saturated heterocycles. The summed E-state index contributed by atoms with van der Waals surface area (Å²) >= 11 is 0. The zero-order valence-corrected chi connectivity index (χ0v) is 21.4. The van der Waals surface area contributed by atoms with Crippen molar-refractivity contribution < 1.29 is 18.7 Å². The maximum atomic E-state index is 13.7. The van der Waals surface area contributed by atoms with Crippen molar-refractivity contribution in [1.29, 1.82) is 0 Å². The van der Waals surface area contributed by atoms with Crippen LogP contribution in [0.2, 0.25) is 0 Å². The van der Waals surface area contributed by atoms with E-state index in [-0.39, 0.29) is 24.9 Å². The molecule has 1 amide bonds. The van der Waals surface area contributed by atoms with Crippen molar-refractivity contribution in [2.24, 2.45) is 11.1 Å². The van der Waals surface area contributed by atoms with Gasteiger partial charge in [-0.25, -0.2) is 19.3 Å². The number of aromatic nitrogens is 5. The number of H-pyrrole nitrogens is 1. The molecule has 1 aliphatic heterocycles. The summed E-state index contributed by atoms with van der Waals surface area (Å²) in [7, 11) is 0. The van der Waals surface area contributed by atoms with Crippen molar-refractivity contribution in [3.63, 3.8) is 0 Å². The number of nitrogens with two attached hydrogens (primary N) is 1. The summed E-state index contributed by atoms with van der Waals surface area (Å²) in [6.45, 7) is 3.25. The molecular formula is C27H29FN8O3. The number of imidazole rings is 1. The lowest BCUT2D eigenvalue weighted by molar-refractivity contribution is -0.231. The highest BCUT2D eigenvalue weighted by molar-refractivity contribution is 5.82. The zero-order valence-electron chi connectivity index (χ0n) is 21.4. The van der Waals surface area contributed by atoms with Gasteiger partial charge in [0.15, 0.2) is 5.82 Å². The Labute approximate surface area is 224 Å². The van der Waals surface area contributed by atoms with Gasteiger partial charge < -0.3 is 30.8 Å². The lowest BCUT2D eigenvalue weighted by atomic mass is 9.91. The number of hydrogen-bond acceptors (Lipinski definition) is 9. The van der Waals surface area contributed by atoms with Gasteiger partial charge in [0.05, 0.1) is 35.7 Å². The van der Waals surface area contributed by atoms with Crippen molar-refractivity contribution in [3.8, 4) is 22.6 Å². The van der Waals surface area contributed by atoms with Crippen LogP contribution in [0.5, 0.6) is 0 Å². The van der Waals surface area contributed by atoms with Crippen LogP contribution in [0, 0.1) is 11.2 Å². The fourth-order valence-electron chi connectivity index (χ4n) is 4.07. The fourth-order valence-corrected chi connectivity index (χ4v) is 4.07. The Morgan fingerprint density at radius 3 is 2.67 bits per heavy atom. The van der Waals surface area contributed by atoms with Gasteiger partial charge in [-0.05, 0) is 48.9 Å². The average molecular weight is 533 g/mol. The highest BCUT2D eigenvalue weighted by Gasteiger charge is 2.40. The number of aromatic amines is 1. The topological polar surface area (TPSA) is 153 Å². The van der Waals surface area contributed by atoms with Gasteiger partial charge in [-0.2, -0.15) is 0 Å². The number of rotatable bonds is 9. The quantitative estimate of drug-likeness (QED) is 0.255. The molecule has 4 aromatic rings. The Morgan fingerprint density at radius 2 is 1.95 bits per heavy atom. The molecule has 12 heteroatoms. The van der Waals surface area contributed by atoms with E-state index in [2.05, 4.69) is 30.6 Å². The standard InChI is InChI=1S/C27H29FN8O3/c1-27(25(37)31-12-9-29)15-38-24(39-16-27)23-35-21(18-4-6-19(28)7-5-18)22(36-23)20-8-11-32-26(34-20)33-14-17-3-2-10-30-13-17/h2-8,10-11,13,24H,9,12,14-16,29H2,1H3,(H,31,37)(H,35,36)(H,32,33,34). The lowest BCUT2D eigenvalue weighted by Gasteiger charge is -2.35.